The first-order valence-electron chi connectivity index (χ1n) is 6.26. The molecule has 0 saturated heterocycles. The minimum absolute atomic E-state index is 0.0526. The van der Waals surface area contributed by atoms with E-state index in [9.17, 15) is 4.79 Å². The van der Waals surface area contributed by atoms with Crippen LogP contribution in [0.25, 0.3) is 10.6 Å². The van der Waals surface area contributed by atoms with Gasteiger partial charge in [0.05, 0.1) is 12.1 Å². The van der Waals surface area contributed by atoms with Crippen LogP contribution in [-0.2, 0) is 11.2 Å². The number of nitrogens with zero attached hydrogens (tertiary/aromatic N) is 1. The molecule has 0 spiro atoms. The lowest BCUT2D eigenvalue weighted by Crippen LogP contribution is -2.02. The molecule has 0 bridgehead atoms. The Labute approximate surface area is 116 Å². The Morgan fingerprint density at radius 1 is 1.37 bits per heavy atom. The third kappa shape index (κ3) is 3.01. The van der Waals surface area contributed by atoms with Gasteiger partial charge in [0.2, 0.25) is 0 Å². The van der Waals surface area contributed by atoms with Gasteiger partial charge in [-0.1, -0.05) is 38.1 Å². The van der Waals surface area contributed by atoms with Crippen molar-refractivity contribution in [1.29, 1.82) is 0 Å². The first-order valence-corrected chi connectivity index (χ1v) is 7.08. The van der Waals surface area contributed by atoms with E-state index >= 15 is 0 Å². The molecule has 0 saturated carbocycles. The van der Waals surface area contributed by atoms with Crippen molar-refractivity contribution in [2.24, 2.45) is 0 Å². The molecule has 3 nitrogen and oxygen atoms in total. The van der Waals surface area contributed by atoms with Gasteiger partial charge < -0.3 is 5.11 Å². The van der Waals surface area contributed by atoms with Gasteiger partial charge in [0.1, 0.15) is 5.01 Å². The summed E-state index contributed by atoms with van der Waals surface area (Å²) in [5.74, 6) is -0.565. The van der Waals surface area contributed by atoms with Crippen LogP contribution in [0.4, 0.5) is 0 Å². The summed E-state index contributed by atoms with van der Waals surface area (Å²) in [5, 5.41) is 9.90. The van der Waals surface area contributed by atoms with E-state index in [1.165, 1.54) is 11.3 Å². The normalized spacial score (nSPS) is 10.9. The summed E-state index contributed by atoms with van der Waals surface area (Å²) >= 11 is 1.49. The number of carboxylic acids is 1. The first-order chi connectivity index (χ1) is 8.99. The summed E-state index contributed by atoms with van der Waals surface area (Å²) in [6.07, 6.45) is 0.0526. The number of carboxylic acid groups (broad SMARTS) is 1. The van der Waals surface area contributed by atoms with E-state index in [1.54, 1.807) is 0 Å². The van der Waals surface area contributed by atoms with E-state index in [2.05, 4.69) is 4.98 Å². The van der Waals surface area contributed by atoms with Crippen LogP contribution in [0.3, 0.4) is 0 Å². The standard InChI is InChI=1S/C15H17NO2S/c1-9(2)14-12(8-13(17)18)19-15(16-14)11-7-5-4-6-10(11)3/h4-7,9H,8H2,1-3H3,(H,17,18). The molecule has 19 heavy (non-hydrogen) atoms. The van der Waals surface area contributed by atoms with Gasteiger partial charge >= 0.3 is 5.97 Å². The topological polar surface area (TPSA) is 50.2 Å². The number of carbonyl (C=O) groups is 1. The van der Waals surface area contributed by atoms with E-state index in [0.29, 0.717) is 0 Å². The molecule has 0 radical (unpaired) electrons. The third-order valence-corrected chi connectivity index (χ3v) is 4.07. The van der Waals surface area contributed by atoms with E-state index < -0.39 is 5.97 Å². The fraction of sp³-hybridized carbons (Fsp3) is 0.333. The Kier molecular flexibility index (Phi) is 4.00. The molecule has 0 amide bonds. The predicted octanol–water partition coefficient (Wildman–Crippen LogP) is 3.87. The van der Waals surface area contributed by atoms with E-state index in [-0.39, 0.29) is 12.3 Å². The number of hydrogen-bond donors (Lipinski definition) is 1. The fourth-order valence-corrected chi connectivity index (χ4v) is 3.30. The fourth-order valence-electron chi connectivity index (χ4n) is 2.01. The molecule has 0 aliphatic carbocycles. The first kappa shape index (κ1) is 13.7. The Morgan fingerprint density at radius 3 is 2.63 bits per heavy atom. The van der Waals surface area contributed by atoms with Gasteiger partial charge in [-0.05, 0) is 18.4 Å². The molecule has 2 rings (SSSR count). The van der Waals surface area contributed by atoms with Gasteiger partial charge in [0, 0.05) is 10.4 Å². The minimum Gasteiger partial charge on any atom is -0.481 e. The molecular weight excluding hydrogens is 258 g/mol. The molecule has 4 heteroatoms. The summed E-state index contributed by atoms with van der Waals surface area (Å²) in [4.78, 5) is 16.4. The number of aromatic nitrogens is 1. The second kappa shape index (κ2) is 5.53. The zero-order valence-electron chi connectivity index (χ0n) is 11.3. The van der Waals surface area contributed by atoms with E-state index in [1.807, 2.05) is 45.0 Å². The minimum atomic E-state index is -0.804. The molecule has 2 aromatic rings. The Hall–Kier alpha value is -1.68. The summed E-state index contributed by atoms with van der Waals surface area (Å²) in [5.41, 5.74) is 3.16. The molecule has 1 aromatic carbocycles. The molecule has 0 atom stereocenters. The number of rotatable bonds is 4. The lowest BCUT2D eigenvalue weighted by atomic mass is 10.1. The molecule has 1 N–H and O–H groups in total. The molecule has 0 fully saturated rings. The van der Waals surface area contributed by atoms with Gasteiger partial charge in [0.15, 0.2) is 0 Å². The number of thiazole rings is 1. The van der Waals surface area contributed by atoms with Crippen LogP contribution in [0.2, 0.25) is 0 Å². The highest BCUT2D eigenvalue weighted by Crippen LogP contribution is 2.33. The van der Waals surface area contributed by atoms with Crippen molar-refractivity contribution in [2.75, 3.05) is 0 Å². The summed E-state index contributed by atoms with van der Waals surface area (Å²) in [7, 11) is 0. The van der Waals surface area contributed by atoms with Crippen molar-refractivity contribution in [1.82, 2.24) is 4.98 Å². The van der Waals surface area contributed by atoms with Crippen LogP contribution < -0.4 is 0 Å². The molecule has 100 valence electrons. The number of benzene rings is 1. The maximum absolute atomic E-state index is 10.9. The molecule has 0 unspecified atom stereocenters. The van der Waals surface area contributed by atoms with Gasteiger partial charge in [-0.3, -0.25) is 4.79 Å². The SMILES string of the molecule is Cc1ccccc1-c1nc(C(C)C)c(CC(=O)O)s1. The summed E-state index contributed by atoms with van der Waals surface area (Å²) < 4.78 is 0. The van der Waals surface area contributed by atoms with Crippen molar-refractivity contribution in [3.63, 3.8) is 0 Å². The maximum Gasteiger partial charge on any atom is 0.308 e. The largest absolute Gasteiger partial charge is 0.481 e. The highest BCUT2D eigenvalue weighted by atomic mass is 32.1. The molecule has 1 aromatic heterocycles. The monoisotopic (exact) mass is 275 g/mol. The highest BCUT2D eigenvalue weighted by Gasteiger charge is 2.18. The lowest BCUT2D eigenvalue weighted by molar-refractivity contribution is -0.136. The average molecular weight is 275 g/mol. The molecule has 0 aliphatic heterocycles. The second-order valence-corrected chi connectivity index (χ2v) is 5.95. The quantitative estimate of drug-likeness (QED) is 0.921. The van der Waals surface area contributed by atoms with E-state index in [0.717, 1.165) is 26.7 Å². The third-order valence-electron chi connectivity index (χ3n) is 2.96. The van der Waals surface area contributed by atoms with Crippen LogP contribution in [0.1, 0.15) is 35.9 Å². The number of hydrogen-bond acceptors (Lipinski definition) is 3. The van der Waals surface area contributed by atoms with Crippen LogP contribution >= 0.6 is 11.3 Å². The van der Waals surface area contributed by atoms with Crippen LogP contribution in [-0.4, -0.2) is 16.1 Å². The average Bonchev–Trinajstić information content (AvgIpc) is 2.72. The summed E-state index contributed by atoms with van der Waals surface area (Å²) in [6.45, 7) is 6.13. The van der Waals surface area contributed by atoms with Crippen LogP contribution in [0.5, 0.6) is 0 Å². The van der Waals surface area contributed by atoms with Crippen molar-refractivity contribution < 1.29 is 9.90 Å². The molecule has 1 heterocycles. The number of aliphatic carboxylic acids is 1. The van der Waals surface area contributed by atoms with Crippen molar-refractivity contribution in [3.05, 3.63) is 40.4 Å². The number of aryl methyl sites for hydroxylation is 1. The summed E-state index contributed by atoms with van der Waals surface area (Å²) in [6, 6.07) is 8.05. The lowest BCUT2D eigenvalue weighted by Gasteiger charge is -2.02. The van der Waals surface area contributed by atoms with Gasteiger partial charge in [-0.15, -0.1) is 11.3 Å². The highest BCUT2D eigenvalue weighted by molar-refractivity contribution is 7.15. The Balaban J connectivity index is 2.49. The van der Waals surface area contributed by atoms with Crippen LogP contribution in [0, 0.1) is 6.92 Å². The molecular formula is C15H17NO2S. The van der Waals surface area contributed by atoms with Crippen LogP contribution in [0.15, 0.2) is 24.3 Å². The van der Waals surface area contributed by atoms with E-state index in [4.69, 9.17) is 5.11 Å². The Bertz CT molecular complexity index is 602. The zero-order valence-corrected chi connectivity index (χ0v) is 12.1. The van der Waals surface area contributed by atoms with Gasteiger partial charge in [-0.2, -0.15) is 0 Å². The van der Waals surface area contributed by atoms with Gasteiger partial charge in [0.25, 0.3) is 0 Å². The smallest absolute Gasteiger partial charge is 0.308 e. The van der Waals surface area contributed by atoms with Crippen molar-refractivity contribution in [2.45, 2.75) is 33.1 Å². The molecule has 0 aliphatic rings. The second-order valence-electron chi connectivity index (χ2n) is 4.87. The Morgan fingerprint density at radius 2 is 2.05 bits per heavy atom. The van der Waals surface area contributed by atoms with Gasteiger partial charge in [-0.25, -0.2) is 4.98 Å². The van der Waals surface area contributed by atoms with Crippen molar-refractivity contribution in [3.8, 4) is 10.6 Å². The predicted molar refractivity (Wildman–Crippen MR) is 77.7 cm³/mol. The van der Waals surface area contributed by atoms with Crippen molar-refractivity contribution >= 4 is 17.3 Å². The zero-order chi connectivity index (χ0) is 14.0. The maximum atomic E-state index is 10.9.